The molecule has 0 radical (unpaired) electrons. The quantitative estimate of drug-likeness (QED) is 0.838. The van der Waals surface area contributed by atoms with Crippen LogP contribution in [0.1, 0.15) is 16.8 Å². The van der Waals surface area contributed by atoms with E-state index in [9.17, 15) is 14.4 Å². The van der Waals surface area contributed by atoms with Gasteiger partial charge in [-0.05, 0) is 6.07 Å². The lowest BCUT2D eigenvalue weighted by atomic mass is 10.1. The average molecular weight is 269 g/mol. The van der Waals surface area contributed by atoms with Crippen molar-refractivity contribution in [2.24, 2.45) is 0 Å². The highest BCUT2D eigenvalue weighted by Gasteiger charge is 2.25. The molecule has 0 saturated carbocycles. The van der Waals surface area contributed by atoms with Crippen molar-refractivity contribution in [1.82, 2.24) is 10.3 Å². The summed E-state index contributed by atoms with van der Waals surface area (Å²) in [5.41, 5.74) is 1.18. The number of aldehydes is 1. The fourth-order valence-corrected chi connectivity index (χ4v) is 2.26. The fraction of sp³-hybridized carbons (Fsp3) is 0.143. The van der Waals surface area contributed by atoms with Gasteiger partial charge in [0.05, 0.1) is 11.9 Å². The molecule has 3 amide bonds. The van der Waals surface area contributed by atoms with Crippen LogP contribution in [-0.4, -0.2) is 29.8 Å². The summed E-state index contributed by atoms with van der Waals surface area (Å²) in [5.74, 6) is -0.275. The number of urea groups is 1. The Bertz CT molecular complexity index is 727. The summed E-state index contributed by atoms with van der Waals surface area (Å²) >= 11 is 0. The molecule has 2 heterocycles. The predicted molar refractivity (Wildman–Crippen MR) is 72.6 cm³/mol. The third-order valence-electron chi connectivity index (χ3n) is 3.24. The predicted octanol–water partition coefficient (Wildman–Crippen LogP) is 1.49. The minimum absolute atomic E-state index is 0.258. The highest BCUT2D eigenvalue weighted by Crippen LogP contribution is 2.27. The van der Waals surface area contributed by atoms with E-state index in [1.807, 2.05) is 0 Å². The zero-order valence-corrected chi connectivity index (χ0v) is 10.5. The zero-order chi connectivity index (χ0) is 14.1. The van der Waals surface area contributed by atoms with Crippen molar-refractivity contribution in [2.75, 3.05) is 11.4 Å². The number of hydrogen-bond donors (Lipinski definition) is 1. The molecule has 1 aliphatic rings. The highest BCUT2D eigenvalue weighted by atomic mass is 16.2. The fourth-order valence-electron chi connectivity index (χ4n) is 2.26. The second kappa shape index (κ2) is 4.73. The number of nitrogens with zero attached hydrogens (tertiary/aromatic N) is 2. The lowest BCUT2D eigenvalue weighted by Gasteiger charge is -2.27. The van der Waals surface area contributed by atoms with Gasteiger partial charge in [0.1, 0.15) is 6.29 Å². The molecule has 1 saturated heterocycles. The Balaban J connectivity index is 2.09. The van der Waals surface area contributed by atoms with Crippen molar-refractivity contribution < 1.29 is 14.4 Å². The molecule has 1 aliphatic heterocycles. The summed E-state index contributed by atoms with van der Waals surface area (Å²) in [6.07, 6.45) is 4.24. The van der Waals surface area contributed by atoms with E-state index in [1.165, 1.54) is 4.90 Å². The van der Waals surface area contributed by atoms with Crippen LogP contribution < -0.4 is 10.2 Å². The van der Waals surface area contributed by atoms with Gasteiger partial charge in [0, 0.05) is 35.5 Å². The van der Waals surface area contributed by atoms with Crippen molar-refractivity contribution >= 4 is 34.7 Å². The number of pyridine rings is 1. The van der Waals surface area contributed by atoms with E-state index in [4.69, 9.17) is 0 Å². The number of rotatable bonds is 2. The van der Waals surface area contributed by atoms with Gasteiger partial charge in [-0.1, -0.05) is 12.1 Å². The number of fused-ring (bicyclic) bond motifs is 1. The van der Waals surface area contributed by atoms with Crippen molar-refractivity contribution in [3.05, 3.63) is 36.2 Å². The number of imide groups is 1. The Hall–Kier alpha value is -2.76. The van der Waals surface area contributed by atoms with Crippen LogP contribution >= 0.6 is 0 Å². The molecule has 2 aromatic rings. The van der Waals surface area contributed by atoms with Crippen molar-refractivity contribution in [1.29, 1.82) is 0 Å². The van der Waals surface area contributed by atoms with E-state index in [2.05, 4.69) is 10.3 Å². The Kier molecular flexibility index (Phi) is 2.90. The number of amides is 3. The maximum Gasteiger partial charge on any atom is 0.328 e. The number of carbonyl (C=O) groups is 3. The smallest absolute Gasteiger partial charge is 0.298 e. The van der Waals surface area contributed by atoms with Gasteiger partial charge in [-0.25, -0.2) is 4.79 Å². The molecule has 1 aromatic heterocycles. The highest BCUT2D eigenvalue weighted by molar-refractivity contribution is 6.10. The minimum atomic E-state index is -0.449. The molecule has 0 aliphatic carbocycles. The second-order valence-electron chi connectivity index (χ2n) is 4.51. The summed E-state index contributed by atoms with van der Waals surface area (Å²) in [6.45, 7) is 0.320. The van der Waals surface area contributed by atoms with Gasteiger partial charge in [-0.3, -0.25) is 24.8 Å². The Morgan fingerprint density at radius 3 is 2.85 bits per heavy atom. The standard InChI is InChI=1S/C14H11N3O3/c18-8-9-1-2-11-10(5-9)6-15-7-12(11)17-4-3-13(19)16-14(17)20/h1-2,5-8H,3-4H2,(H,16,19,20). The Morgan fingerprint density at radius 2 is 2.10 bits per heavy atom. The minimum Gasteiger partial charge on any atom is -0.298 e. The van der Waals surface area contributed by atoms with Gasteiger partial charge in [0.25, 0.3) is 0 Å². The van der Waals surface area contributed by atoms with Crippen LogP contribution in [0.2, 0.25) is 0 Å². The maximum atomic E-state index is 11.9. The normalized spacial score (nSPS) is 15.3. The molecule has 0 unspecified atom stereocenters. The van der Waals surface area contributed by atoms with Crippen LogP contribution in [-0.2, 0) is 4.79 Å². The molecule has 1 fully saturated rings. The number of aromatic nitrogens is 1. The number of nitrogens with one attached hydrogen (secondary N) is 1. The monoisotopic (exact) mass is 269 g/mol. The summed E-state index contributed by atoms with van der Waals surface area (Å²) in [5, 5.41) is 3.87. The molecule has 1 aromatic carbocycles. The van der Waals surface area contributed by atoms with Crippen LogP contribution in [0.4, 0.5) is 10.5 Å². The van der Waals surface area contributed by atoms with Gasteiger partial charge in [0.2, 0.25) is 5.91 Å². The lowest BCUT2D eigenvalue weighted by Crippen LogP contribution is -2.49. The van der Waals surface area contributed by atoms with Crippen LogP contribution in [0.15, 0.2) is 30.6 Å². The summed E-state index contributed by atoms with van der Waals surface area (Å²) in [4.78, 5) is 39.4. The molecule has 0 spiro atoms. The molecule has 6 heteroatoms. The van der Waals surface area contributed by atoms with E-state index in [0.29, 0.717) is 17.8 Å². The largest absolute Gasteiger partial charge is 0.328 e. The van der Waals surface area contributed by atoms with Crippen LogP contribution in [0, 0.1) is 0 Å². The summed E-state index contributed by atoms with van der Waals surface area (Å²) < 4.78 is 0. The third kappa shape index (κ3) is 2.01. The van der Waals surface area contributed by atoms with E-state index < -0.39 is 6.03 Å². The molecular formula is C14H11N3O3. The van der Waals surface area contributed by atoms with Gasteiger partial charge < -0.3 is 0 Å². The van der Waals surface area contributed by atoms with Crippen LogP contribution in [0.5, 0.6) is 0 Å². The first-order chi connectivity index (χ1) is 9.69. The lowest BCUT2D eigenvalue weighted by molar-refractivity contribution is -0.120. The summed E-state index contributed by atoms with van der Waals surface area (Å²) in [7, 11) is 0. The van der Waals surface area contributed by atoms with Gasteiger partial charge in [-0.2, -0.15) is 0 Å². The summed E-state index contributed by atoms with van der Waals surface area (Å²) in [6, 6.07) is 4.73. The first kappa shape index (κ1) is 12.3. The molecule has 3 rings (SSSR count). The molecule has 1 N–H and O–H groups in total. The van der Waals surface area contributed by atoms with E-state index in [1.54, 1.807) is 30.6 Å². The number of benzene rings is 1. The van der Waals surface area contributed by atoms with Crippen LogP contribution in [0.3, 0.4) is 0 Å². The second-order valence-corrected chi connectivity index (χ2v) is 4.51. The molecule has 0 bridgehead atoms. The molecular weight excluding hydrogens is 258 g/mol. The number of carbonyl (C=O) groups excluding carboxylic acids is 3. The van der Waals surface area contributed by atoms with Crippen molar-refractivity contribution in [2.45, 2.75) is 6.42 Å². The first-order valence-corrected chi connectivity index (χ1v) is 6.13. The average Bonchev–Trinajstić information content (AvgIpc) is 2.46. The molecule has 6 nitrogen and oxygen atoms in total. The topological polar surface area (TPSA) is 79.4 Å². The Morgan fingerprint density at radius 1 is 1.25 bits per heavy atom. The molecule has 100 valence electrons. The third-order valence-corrected chi connectivity index (χ3v) is 3.24. The first-order valence-electron chi connectivity index (χ1n) is 6.13. The number of anilines is 1. The van der Waals surface area contributed by atoms with Gasteiger partial charge in [0.15, 0.2) is 0 Å². The number of hydrogen-bond acceptors (Lipinski definition) is 4. The van der Waals surface area contributed by atoms with Gasteiger partial charge >= 0.3 is 6.03 Å². The van der Waals surface area contributed by atoms with Gasteiger partial charge in [-0.15, -0.1) is 0 Å². The maximum absolute atomic E-state index is 11.9. The molecule has 20 heavy (non-hydrogen) atoms. The van der Waals surface area contributed by atoms with Crippen molar-refractivity contribution in [3.63, 3.8) is 0 Å². The van der Waals surface area contributed by atoms with Crippen molar-refractivity contribution in [3.8, 4) is 0 Å². The van der Waals surface area contributed by atoms with E-state index in [-0.39, 0.29) is 12.3 Å². The molecule has 0 atom stereocenters. The van der Waals surface area contributed by atoms with Crippen LogP contribution in [0.25, 0.3) is 10.8 Å². The van der Waals surface area contributed by atoms with E-state index >= 15 is 0 Å². The SMILES string of the molecule is O=Cc1ccc2c(N3CCC(=O)NC3=O)cncc2c1. The van der Waals surface area contributed by atoms with E-state index in [0.717, 1.165) is 17.1 Å². The Labute approximate surface area is 114 Å². The zero-order valence-electron chi connectivity index (χ0n) is 10.5.